The number of esters is 1. The average molecular weight is 208 g/mol. The van der Waals surface area contributed by atoms with E-state index in [2.05, 4.69) is 4.74 Å². The normalized spacial score (nSPS) is 23.6. The van der Waals surface area contributed by atoms with Crippen molar-refractivity contribution >= 4 is 5.97 Å². The van der Waals surface area contributed by atoms with Crippen molar-refractivity contribution in [2.24, 2.45) is 0 Å². The first kappa shape index (κ1) is 10.1. The smallest absolute Gasteiger partial charge is 0.339 e. The van der Waals surface area contributed by atoms with Gasteiger partial charge in [-0.1, -0.05) is 24.3 Å². The summed E-state index contributed by atoms with van der Waals surface area (Å²) in [7, 11) is 2.88. The fourth-order valence-corrected chi connectivity index (χ4v) is 1.71. The molecule has 4 nitrogen and oxygen atoms in total. The van der Waals surface area contributed by atoms with Gasteiger partial charge in [-0.25, -0.2) is 4.79 Å². The first-order chi connectivity index (χ1) is 7.27. The Kier molecular flexibility index (Phi) is 2.70. The van der Waals surface area contributed by atoms with Crippen LogP contribution in [-0.2, 0) is 19.0 Å². The molecule has 1 heterocycles. The van der Waals surface area contributed by atoms with E-state index in [1.54, 1.807) is 7.11 Å². The van der Waals surface area contributed by atoms with Crippen molar-refractivity contribution in [1.29, 1.82) is 0 Å². The van der Waals surface area contributed by atoms with Gasteiger partial charge in [0, 0.05) is 18.2 Å². The number of carbonyl (C=O) groups is 1. The maximum atomic E-state index is 11.4. The second-order valence-corrected chi connectivity index (χ2v) is 3.24. The van der Waals surface area contributed by atoms with Gasteiger partial charge in [0.1, 0.15) is 0 Å². The predicted molar refractivity (Wildman–Crippen MR) is 52.0 cm³/mol. The average Bonchev–Trinajstić information content (AvgIpc) is 2.67. The van der Waals surface area contributed by atoms with Crippen LogP contribution in [0.25, 0.3) is 0 Å². The lowest BCUT2D eigenvalue weighted by atomic mass is 10.1. The third kappa shape index (κ3) is 1.62. The minimum Gasteiger partial charge on any atom is -0.467 e. The topological polar surface area (TPSA) is 44.8 Å². The maximum Gasteiger partial charge on any atom is 0.339 e. The molecule has 4 heteroatoms. The predicted octanol–water partition coefficient (Wildman–Crippen LogP) is 1.58. The molecule has 1 aromatic rings. The summed E-state index contributed by atoms with van der Waals surface area (Å²) in [5, 5.41) is 0. The number of methoxy groups -OCH3 is 2. The van der Waals surface area contributed by atoms with Crippen LogP contribution in [0.3, 0.4) is 0 Å². The van der Waals surface area contributed by atoms with E-state index in [0.717, 1.165) is 11.1 Å². The van der Waals surface area contributed by atoms with Crippen LogP contribution in [-0.4, -0.2) is 20.2 Å². The van der Waals surface area contributed by atoms with Crippen LogP contribution < -0.4 is 0 Å². The van der Waals surface area contributed by atoms with E-state index in [-0.39, 0.29) is 0 Å². The van der Waals surface area contributed by atoms with Gasteiger partial charge >= 0.3 is 5.97 Å². The fourth-order valence-electron chi connectivity index (χ4n) is 1.71. The Bertz CT molecular complexity index is 375. The monoisotopic (exact) mass is 208 g/mol. The van der Waals surface area contributed by atoms with Gasteiger partial charge in [-0.3, -0.25) is 0 Å². The third-order valence-electron chi connectivity index (χ3n) is 2.42. The van der Waals surface area contributed by atoms with Crippen molar-refractivity contribution in [3.63, 3.8) is 0 Å². The van der Waals surface area contributed by atoms with E-state index in [1.807, 2.05) is 24.3 Å². The molecule has 0 bridgehead atoms. The van der Waals surface area contributed by atoms with Gasteiger partial charge < -0.3 is 14.2 Å². The molecule has 0 saturated carbocycles. The SMILES string of the molecule is COC(=O)[C@H]1O[C@H](OC)c2ccccc21. The maximum absolute atomic E-state index is 11.4. The summed E-state index contributed by atoms with van der Waals surface area (Å²) < 4.78 is 15.2. The molecule has 0 amide bonds. The Labute approximate surface area is 87.8 Å². The molecule has 0 unspecified atom stereocenters. The van der Waals surface area contributed by atoms with Gasteiger partial charge in [0.25, 0.3) is 0 Å². The standard InChI is InChI=1S/C11H12O4/c1-13-10(12)9-7-5-3-4-6-8(7)11(14-2)15-9/h3-6,9,11H,1-2H3/t9-,11-/m0/s1. The fraction of sp³-hybridized carbons (Fsp3) is 0.364. The molecule has 2 rings (SSSR count). The minimum absolute atomic E-state index is 0.401. The summed E-state index contributed by atoms with van der Waals surface area (Å²) in [5.74, 6) is -0.401. The van der Waals surface area contributed by atoms with E-state index in [4.69, 9.17) is 9.47 Å². The number of carbonyl (C=O) groups excluding carboxylic acids is 1. The minimum atomic E-state index is -0.670. The number of benzene rings is 1. The van der Waals surface area contributed by atoms with Crippen LogP contribution in [0.2, 0.25) is 0 Å². The van der Waals surface area contributed by atoms with Crippen LogP contribution in [0.1, 0.15) is 23.5 Å². The molecule has 2 atom stereocenters. The highest BCUT2D eigenvalue weighted by Gasteiger charge is 2.36. The Morgan fingerprint density at radius 2 is 1.93 bits per heavy atom. The van der Waals surface area contributed by atoms with Crippen molar-refractivity contribution in [3.8, 4) is 0 Å². The van der Waals surface area contributed by atoms with E-state index in [1.165, 1.54) is 7.11 Å². The molecule has 0 saturated heterocycles. The third-order valence-corrected chi connectivity index (χ3v) is 2.42. The van der Waals surface area contributed by atoms with Crippen LogP contribution in [0.5, 0.6) is 0 Å². The molecular formula is C11H12O4. The molecule has 1 aromatic carbocycles. The zero-order valence-corrected chi connectivity index (χ0v) is 8.60. The summed E-state index contributed by atoms with van der Waals surface area (Å²) in [4.78, 5) is 11.4. The van der Waals surface area contributed by atoms with Crippen LogP contribution in [0, 0.1) is 0 Å². The number of hydrogen-bond donors (Lipinski definition) is 0. The Morgan fingerprint density at radius 1 is 1.27 bits per heavy atom. The highest BCUT2D eigenvalue weighted by atomic mass is 16.7. The first-order valence-corrected chi connectivity index (χ1v) is 4.63. The van der Waals surface area contributed by atoms with E-state index >= 15 is 0 Å². The Hall–Kier alpha value is -1.39. The molecule has 15 heavy (non-hydrogen) atoms. The summed E-state index contributed by atoms with van der Waals surface area (Å²) in [6.07, 6.45) is -1.15. The van der Waals surface area contributed by atoms with Gasteiger partial charge in [0.15, 0.2) is 12.4 Å². The number of fused-ring (bicyclic) bond motifs is 1. The molecule has 0 aliphatic carbocycles. The van der Waals surface area contributed by atoms with E-state index < -0.39 is 18.4 Å². The lowest BCUT2D eigenvalue weighted by Crippen LogP contribution is -2.13. The highest BCUT2D eigenvalue weighted by molar-refractivity contribution is 5.77. The van der Waals surface area contributed by atoms with Gasteiger partial charge in [-0.05, 0) is 0 Å². The van der Waals surface area contributed by atoms with Crippen molar-refractivity contribution in [2.75, 3.05) is 14.2 Å². The molecule has 80 valence electrons. The lowest BCUT2D eigenvalue weighted by Gasteiger charge is -2.10. The molecule has 1 aliphatic rings. The number of ether oxygens (including phenoxy) is 3. The highest BCUT2D eigenvalue weighted by Crippen LogP contribution is 2.39. The van der Waals surface area contributed by atoms with Gasteiger partial charge in [-0.2, -0.15) is 0 Å². The van der Waals surface area contributed by atoms with Crippen LogP contribution >= 0.6 is 0 Å². The molecule has 0 fully saturated rings. The molecule has 0 radical (unpaired) electrons. The van der Waals surface area contributed by atoms with Crippen molar-refractivity contribution in [2.45, 2.75) is 12.4 Å². The van der Waals surface area contributed by atoms with E-state index in [9.17, 15) is 4.79 Å². The number of hydrogen-bond acceptors (Lipinski definition) is 4. The molecular weight excluding hydrogens is 196 g/mol. The second kappa shape index (κ2) is 4.00. The first-order valence-electron chi connectivity index (χ1n) is 4.63. The summed E-state index contributed by atoms with van der Waals surface area (Å²) in [6, 6.07) is 7.46. The Morgan fingerprint density at radius 3 is 2.53 bits per heavy atom. The lowest BCUT2D eigenvalue weighted by molar-refractivity contribution is -0.178. The van der Waals surface area contributed by atoms with Crippen LogP contribution in [0.4, 0.5) is 0 Å². The van der Waals surface area contributed by atoms with Gasteiger partial charge in [0.2, 0.25) is 0 Å². The van der Waals surface area contributed by atoms with Crippen molar-refractivity contribution in [1.82, 2.24) is 0 Å². The molecule has 0 N–H and O–H groups in total. The van der Waals surface area contributed by atoms with Crippen molar-refractivity contribution in [3.05, 3.63) is 35.4 Å². The van der Waals surface area contributed by atoms with Gasteiger partial charge in [0.05, 0.1) is 7.11 Å². The largest absolute Gasteiger partial charge is 0.467 e. The number of rotatable bonds is 2. The quantitative estimate of drug-likeness (QED) is 0.692. The second-order valence-electron chi connectivity index (χ2n) is 3.24. The summed E-state index contributed by atoms with van der Waals surface area (Å²) in [6.45, 7) is 0. The van der Waals surface area contributed by atoms with E-state index in [0.29, 0.717) is 0 Å². The van der Waals surface area contributed by atoms with Crippen LogP contribution in [0.15, 0.2) is 24.3 Å². The zero-order chi connectivity index (χ0) is 10.8. The Balaban J connectivity index is 2.37. The summed E-state index contributed by atoms with van der Waals surface area (Å²) in [5.41, 5.74) is 1.70. The summed E-state index contributed by atoms with van der Waals surface area (Å²) >= 11 is 0. The molecule has 0 aromatic heterocycles. The molecule has 0 spiro atoms. The van der Waals surface area contributed by atoms with Gasteiger partial charge in [-0.15, -0.1) is 0 Å². The zero-order valence-electron chi connectivity index (χ0n) is 8.60. The van der Waals surface area contributed by atoms with Crippen molar-refractivity contribution < 1.29 is 19.0 Å². The molecule has 1 aliphatic heterocycles.